The number of halogens is 1. The van der Waals surface area contributed by atoms with Gasteiger partial charge in [-0.05, 0) is 41.1 Å². The highest BCUT2D eigenvalue weighted by atomic mass is 79.9. The first kappa shape index (κ1) is 15.5. The first-order valence-corrected chi connectivity index (χ1v) is 8.55. The fourth-order valence-corrected chi connectivity index (χ4v) is 3.08. The molecule has 1 aromatic heterocycles. The molecule has 0 bridgehead atoms. The molecule has 2 unspecified atom stereocenters. The molecule has 1 saturated carbocycles. The lowest BCUT2D eigenvalue weighted by Gasteiger charge is -2.29. The summed E-state index contributed by atoms with van der Waals surface area (Å²) in [7, 11) is 0. The second-order valence-corrected chi connectivity index (χ2v) is 6.45. The van der Waals surface area contributed by atoms with E-state index in [0.29, 0.717) is 12.0 Å². The monoisotopic (exact) mass is 340 g/mol. The maximum absolute atomic E-state index is 4.57. The van der Waals surface area contributed by atoms with E-state index < -0.39 is 0 Å². The summed E-state index contributed by atoms with van der Waals surface area (Å²) in [6, 6.07) is 0.541. The average Bonchev–Trinajstić information content (AvgIpc) is 2.48. The van der Waals surface area contributed by atoms with Crippen molar-refractivity contribution in [1.82, 2.24) is 9.97 Å². The molecule has 2 atom stereocenters. The van der Waals surface area contributed by atoms with E-state index in [2.05, 4.69) is 50.4 Å². The maximum Gasteiger partial charge on any atom is 0.224 e. The molecule has 1 aliphatic rings. The zero-order chi connectivity index (χ0) is 14.4. The standard InChI is InChI=1S/C15H25BrN4/c1-3-8-17-15-18-10-13(16)14(20-15)19-12-7-5-6-11(4-2)9-12/h10-12H,3-9H2,1-2H3,(H2,17,18,19,20). The van der Waals surface area contributed by atoms with Crippen LogP contribution in [0.25, 0.3) is 0 Å². The van der Waals surface area contributed by atoms with Crippen LogP contribution >= 0.6 is 15.9 Å². The summed E-state index contributed by atoms with van der Waals surface area (Å²) < 4.78 is 0.943. The van der Waals surface area contributed by atoms with E-state index in [4.69, 9.17) is 0 Å². The zero-order valence-electron chi connectivity index (χ0n) is 12.5. The van der Waals surface area contributed by atoms with Gasteiger partial charge in [0.2, 0.25) is 5.95 Å². The Morgan fingerprint density at radius 3 is 2.95 bits per heavy atom. The topological polar surface area (TPSA) is 49.8 Å². The molecule has 0 aromatic carbocycles. The highest BCUT2D eigenvalue weighted by Gasteiger charge is 2.21. The molecule has 1 heterocycles. The SMILES string of the molecule is CCCNc1ncc(Br)c(NC2CCCC(CC)C2)n1. The molecule has 1 fully saturated rings. The normalized spacial score (nSPS) is 22.6. The van der Waals surface area contributed by atoms with Gasteiger partial charge < -0.3 is 10.6 Å². The summed E-state index contributed by atoms with van der Waals surface area (Å²) in [5.74, 6) is 2.49. The van der Waals surface area contributed by atoms with Crippen LogP contribution in [0.15, 0.2) is 10.7 Å². The Hall–Kier alpha value is -0.840. The molecule has 2 rings (SSSR count). The number of anilines is 2. The van der Waals surface area contributed by atoms with Crippen LogP contribution in [0, 0.1) is 5.92 Å². The molecular weight excluding hydrogens is 316 g/mol. The minimum atomic E-state index is 0.541. The van der Waals surface area contributed by atoms with Crippen molar-refractivity contribution >= 4 is 27.7 Å². The van der Waals surface area contributed by atoms with Crippen molar-refractivity contribution in [2.24, 2.45) is 5.92 Å². The van der Waals surface area contributed by atoms with E-state index >= 15 is 0 Å². The highest BCUT2D eigenvalue weighted by molar-refractivity contribution is 9.10. The van der Waals surface area contributed by atoms with Crippen LogP contribution < -0.4 is 10.6 Å². The lowest BCUT2D eigenvalue weighted by Crippen LogP contribution is -2.27. The summed E-state index contributed by atoms with van der Waals surface area (Å²) in [6.07, 6.45) is 9.38. The third-order valence-corrected chi connectivity index (χ3v) is 4.56. The molecule has 0 spiro atoms. The molecule has 0 saturated heterocycles. The fraction of sp³-hybridized carbons (Fsp3) is 0.733. The lowest BCUT2D eigenvalue weighted by atomic mass is 9.84. The van der Waals surface area contributed by atoms with Gasteiger partial charge in [-0.15, -0.1) is 0 Å². The molecule has 1 aromatic rings. The van der Waals surface area contributed by atoms with E-state index in [0.717, 1.165) is 29.2 Å². The van der Waals surface area contributed by atoms with E-state index in [-0.39, 0.29) is 0 Å². The third-order valence-electron chi connectivity index (χ3n) is 3.98. The van der Waals surface area contributed by atoms with Gasteiger partial charge in [0, 0.05) is 18.8 Å². The van der Waals surface area contributed by atoms with E-state index in [9.17, 15) is 0 Å². The Balaban J connectivity index is 2.00. The van der Waals surface area contributed by atoms with Gasteiger partial charge in [-0.3, -0.25) is 0 Å². The Morgan fingerprint density at radius 1 is 1.35 bits per heavy atom. The predicted octanol–water partition coefficient (Wildman–Crippen LogP) is 4.44. The van der Waals surface area contributed by atoms with Crippen molar-refractivity contribution in [2.75, 3.05) is 17.2 Å². The molecule has 20 heavy (non-hydrogen) atoms. The molecule has 0 aliphatic heterocycles. The van der Waals surface area contributed by atoms with E-state index in [1.54, 1.807) is 0 Å². The third kappa shape index (κ3) is 4.33. The van der Waals surface area contributed by atoms with Crippen molar-refractivity contribution < 1.29 is 0 Å². The predicted molar refractivity (Wildman–Crippen MR) is 88.2 cm³/mol. The van der Waals surface area contributed by atoms with Crippen LogP contribution in [0.3, 0.4) is 0 Å². The first-order valence-electron chi connectivity index (χ1n) is 7.75. The summed E-state index contributed by atoms with van der Waals surface area (Å²) in [5.41, 5.74) is 0. The smallest absolute Gasteiger partial charge is 0.224 e. The molecule has 112 valence electrons. The van der Waals surface area contributed by atoms with Crippen molar-refractivity contribution in [3.05, 3.63) is 10.7 Å². The Morgan fingerprint density at radius 2 is 2.20 bits per heavy atom. The Kier molecular flexibility index (Phi) is 6.07. The minimum Gasteiger partial charge on any atom is -0.366 e. The molecule has 0 amide bonds. The first-order chi connectivity index (χ1) is 9.72. The largest absolute Gasteiger partial charge is 0.366 e. The number of nitrogens with zero attached hydrogens (tertiary/aromatic N) is 2. The highest BCUT2D eigenvalue weighted by Crippen LogP contribution is 2.30. The Bertz CT molecular complexity index is 424. The van der Waals surface area contributed by atoms with Crippen LogP contribution in [0.4, 0.5) is 11.8 Å². The summed E-state index contributed by atoms with van der Waals surface area (Å²) in [4.78, 5) is 8.87. The molecule has 0 radical (unpaired) electrons. The molecule has 2 N–H and O–H groups in total. The zero-order valence-corrected chi connectivity index (χ0v) is 14.0. The molecular formula is C15H25BrN4. The van der Waals surface area contributed by atoms with Crippen molar-refractivity contribution in [3.63, 3.8) is 0 Å². The molecule has 4 nitrogen and oxygen atoms in total. The van der Waals surface area contributed by atoms with Gasteiger partial charge in [0.15, 0.2) is 0 Å². The maximum atomic E-state index is 4.57. The van der Waals surface area contributed by atoms with Crippen LogP contribution in [-0.4, -0.2) is 22.6 Å². The Labute approximate surface area is 130 Å². The van der Waals surface area contributed by atoms with Crippen molar-refractivity contribution in [1.29, 1.82) is 0 Å². The molecule has 5 heteroatoms. The van der Waals surface area contributed by atoms with Gasteiger partial charge in [0.05, 0.1) is 4.47 Å². The summed E-state index contributed by atoms with van der Waals surface area (Å²) in [6.45, 7) is 5.33. The second-order valence-electron chi connectivity index (χ2n) is 5.60. The number of nitrogens with one attached hydrogen (secondary N) is 2. The van der Waals surface area contributed by atoms with Crippen LogP contribution in [0.5, 0.6) is 0 Å². The number of hydrogen-bond donors (Lipinski definition) is 2. The van der Waals surface area contributed by atoms with Crippen LogP contribution in [-0.2, 0) is 0 Å². The van der Waals surface area contributed by atoms with Crippen LogP contribution in [0.2, 0.25) is 0 Å². The fourth-order valence-electron chi connectivity index (χ4n) is 2.78. The van der Waals surface area contributed by atoms with Gasteiger partial charge in [-0.1, -0.05) is 33.1 Å². The van der Waals surface area contributed by atoms with Gasteiger partial charge in [-0.2, -0.15) is 4.98 Å². The summed E-state index contributed by atoms with van der Waals surface area (Å²) in [5, 5.41) is 6.83. The van der Waals surface area contributed by atoms with Gasteiger partial charge in [0.1, 0.15) is 5.82 Å². The van der Waals surface area contributed by atoms with E-state index in [1.165, 1.54) is 32.1 Å². The summed E-state index contributed by atoms with van der Waals surface area (Å²) >= 11 is 3.54. The quantitative estimate of drug-likeness (QED) is 0.803. The second kappa shape index (κ2) is 7.81. The lowest BCUT2D eigenvalue weighted by molar-refractivity contribution is 0.327. The van der Waals surface area contributed by atoms with Gasteiger partial charge in [-0.25, -0.2) is 4.98 Å². The van der Waals surface area contributed by atoms with Crippen molar-refractivity contribution in [3.8, 4) is 0 Å². The molecule has 1 aliphatic carbocycles. The van der Waals surface area contributed by atoms with Gasteiger partial charge >= 0.3 is 0 Å². The minimum absolute atomic E-state index is 0.541. The van der Waals surface area contributed by atoms with Crippen molar-refractivity contribution in [2.45, 2.75) is 58.4 Å². The van der Waals surface area contributed by atoms with E-state index in [1.807, 2.05) is 6.20 Å². The number of hydrogen-bond acceptors (Lipinski definition) is 4. The van der Waals surface area contributed by atoms with Crippen LogP contribution in [0.1, 0.15) is 52.4 Å². The van der Waals surface area contributed by atoms with Gasteiger partial charge in [0.25, 0.3) is 0 Å². The number of aromatic nitrogens is 2. The number of rotatable bonds is 6. The average molecular weight is 341 g/mol.